The van der Waals surface area contributed by atoms with Gasteiger partial charge in [0.1, 0.15) is 11.3 Å². The highest BCUT2D eigenvalue weighted by molar-refractivity contribution is 6.36. The van der Waals surface area contributed by atoms with Crippen LogP contribution in [-0.4, -0.2) is 10.9 Å². The number of oxazole rings is 1. The molecule has 0 unspecified atom stereocenters. The number of nitrogens with one attached hydrogen (secondary N) is 1. The van der Waals surface area contributed by atoms with Crippen molar-refractivity contribution in [1.29, 1.82) is 0 Å². The Balaban J connectivity index is 1.37. The molecule has 5 aromatic rings. The molecule has 2 aromatic heterocycles. The second-order valence-electron chi connectivity index (χ2n) is 7.31. The molecule has 0 spiro atoms. The summed E-state index contributed by atoms with van der Waals surface area (Å²) in [6, 6.07) is 21.5. The molecule has 0 atom stereocenters. The highest BCUT2D eigenvalue weighted by Gasteiger charge is 2.15. The van der Waals surface area contributed by atoms with Crippen molar-refractivity contribution in [3.63, 3.8) is 0 Å². The number of aromatic nitrogens is 1. The minimum Gasteiger partial charge on any atom is -0.451 e. The summed E-state index contributed by atoms with van der Waals surface area (Å²) in [6.07, 6.45) is 0. The standard InChI is InChI=1S/C25H16Cl2N2O3/c1-14-5-8-20-23(11-14)32-25(29-20)15-3-2-4-17(12-15)28-24(30)22-10-9-21(31-22)18-7-6-16(26)13-19(18)27/h2-13H,1H3,(H,28,30). The minimum absolute atomic E-state index is 0.161. The fourth-order valence-corrected chi connectivity index (χ4v) is 3.87. The zero-order chi connectivity index (χ0) is 22.2. The number of furan rings is 1. The van der Waals surface area contributed by atoms with E-state index in [2.05, 4.69) is 10.3 Å². The number of hydrogen-bond donors (Lipinski definition) is 1. The average Bonchev–Trinajstić information content (AvgIpc) is 3.41. The molecule has 0 aliphatic heterocycles. The van der Waals surface area contributed by atoms with Crippen LogP contribution in [0.3, 0.4) is 0 Å². The van der Waals surface area contributed by atoms with E-state index in [4.69, 9.17) is 32.0 Å². The number of amides is 1. The number of fused-ring (bicyclic) bond motifs is 1. The van der Waals surface area contributed by atoms with Crippen LogP contribution in [0.25, 0.3) is 33.9 Å². The predicted molar refractivity (Wildman–Crippen MR) is 126 cm³/mol. The molecule has 32 heavy (non-hydrogen) atoms. The number of aryl methyl sites for hydroxylation is 1. The number of nitrogens with zero attached hydrogens (tertiary/aromatic N) is 1. The van der Waals surface area contributed by atoms with Crippen LogP contribution in [0.15, 0.2) is 81.6 Å². The average molecular weight is 463 g/mol. The summed E-state index contributed by atoms with van der Waals surface area (Å²) < 4.78 is 11.6. The van der Waals surface area contributed by atoms with Gasteiger partial charge in [-0.2, -0.15) is 0 Å². The van der Waals surface area contributed by atoms with Gasteiger partial charge >= 0.3 is 0 Å². The molecule has 1 N–H and O–H groups in total. The number of halogens is 2. The number of hydrogen-bond acceptors (Lipinski definition) is 4. The fraction of sp³-hybridized carbons (Fsp3) is 0.0400. The molecule has 1 amide bonds. The van der Waals surface area contributed by atoms with E-state index in [9.17, 15) is 4.79 Å². The van der Waals surface area contributed by atoms with Gasteiger partial charge in [0.2, 0.25) is 5.89 Å². The summed E-state index contributed by atoms with van der Waals surface area (Å²) in [6.45, 7) is 2.00. The van der Waals surface area contributed by atoms with Gasteiger partial charge in [-0.05, 0) is 73.2 Å². The lowest BCUT2D eigenvalue weighted by atomic mass is 10.2. The van der Waals surface area contributed by atoms with Gasteiger partial charge in [0, 0.05) is 21.8 Å². The van der Waals surface area contributed by atoms with Gasteiger partial charge < -0.3 is 14.2 Å². The van der Waals surface area contributed by atoms with E-state index in [-0.39, 0.29) is 11.7 Å². The molecule has 0 fully saturated rings. The van der Waals surface area contributed by atoms with E-state index in [1.54, 1.807) is 42.5 Å². The summed E-state index contributed by atoms with van der Waals surface area (Å²) in [5.41, 5.74) is 4.60. The summed E-state index contributed by atoms with van der Waals surface area (Å²) in [5, 5.41) is 3.81. The largest absolute Gasteiger partial charge is 0.451 e. The van der Waals surface area contributed by atoms with E-state index in [0.717, 1.165) is 22.2 Å². The molecule has 5 rings (SSSR count). The topological polar surface area (TPSA) is 68.3 Å². The highest BCUT2D eigenvalue weighted by atomic mass is 35.5. The summed E-state index contributed by atoms with van der Waals surface area (Å²) in [7, 11) is 0. The van der Waals surface area contributed by atoms with Gasteiger partial charge in [0.15, 0.2) is 11.3 Å². The first-order chi connectivity index (χ1) is 15.5. The second kappa shape index (κ2) is 8.19. The Morgan fingerprint density at radius 1 is 0.938 bits per heavy atom. The van der Waals surface area contributed by atoms with Crippen molar-refractivity contribution in [3.05, 3.63) is 94.2 Å². The first-order valence-corrected chi connectivity index (χ1v) is 10.6. The SMILES string of the molecule is Cc1ccc2nc(-c3cccc(NC(=O)c4ccc(-c5ccc(Cl)cc5Cl)o4)c3)oc2c1. The van der Waals surface area contributed by atoms with E-state index in [1.807, 2.05) is 37.3 Å². The third-order valence-corrected chi connectivity index (χ3v) is 5.49. The van der Waals surface area contributed by atoms with Gasteiger partial charge in [0.05, 0.1) is 5.02 Å². The Hall–Kier alpha value is -3.54. The smallest absolute Gasteiger partial charge is 0.291 e. The van der Waals surface area contributed by atoms with E-state index < -0.39 is 0 Å². The Bertz CT molecular complexity index is 1470. The van der Waals surface area contributed by atoms with Gasteiger partial charge in [-0.25, -0.2) is 4.98 Å². The number of carbonyl (C=O) groups excluding carboxylic acids is 1. The number of rotatable bonds is 4. The first-order valence-electron chi connectivity index (χ1n) is 9.80. The van der Waals surface area contributed by atoms with Crippen LogP contribution in [0, 0.1) is 6.92 Å². The van der Waals surface area contributed by atoms with E-state index in [1.165, 1.54) is 0 Å². The van der Waals surface area contributed by atoms with Crippen LogP contribution in [0.4, 0.5) is 5.69 Å². The predicted octanol–water partition coefficient (Wildman–Crippen LogP) is 7.62. The Morgan fingerprint density at radius 3 is 2.66 bits per heavy atom. The van der Waals surface area contributed by atoms with Crippen LogP contribution in [0.2, 0.25) is 10.0 Å². The lowest BCUT2D eigenvalue weighted by Gasteiger charge is -2.05. The molecule has 5 nitrogen and oxygen atoms in total. The highest BCUT2D eigenvalue weighted by Crippen LogP contribution is 2.32. The monoisotopic (exact) mass is 462 g/mol. The summed E-state index contributed by atoms with van der Waals surface area (Å²) in [4.78, 5) is 17.3. The number of benzene rings is 3. The van der Waals surface area contributed by atoms with Crippen LogP contribution >= 0.6 is 23.2 Å². The van der Waals surface area contributed by atoms with Crippen LogP contribution in [-0.2, 0) is 0 Å². The third-order valence-electron chi connectivity index (χ3n) is 4.94. The Kier molecular flexibility index (Phi) is 5.21. The van der Waals surface area contributed by atoms with E-state index >= 15 is 0 Å². The molecular weight excluding hydrogens is 447 g/mol. The van der Waals surface area contributed by atoms with Crippen molar-refractivity contribution in [2.24, 2.45) is 0 Å². The van der Waals surface area contributed by atoms with Gasteiger partial charge in [0.25, 0.3) is 5.91 Å². The second-order valence-corrected chi connectivity index (χ2v) is 8.16. The maximum absolute atomic E-state index is 12.7. The lowest BCUT2D eigenvalue weighted by Crippen LogP contribution is -2.10. The summed E-state index contributed by atoms with van der Waals surface area (Å²) >= 11 is 12.2. The normalized spacial score (nSPS) is 11.1. The zero-order valence-electron chi connectivity index (χ0n) is 16.9. The van der Waals surface area contributed by atoms with Crippen molar-refractivity contribution in [3.8, 4) is 22.8 Å². The van der Waals surface area contributed by atoms with Crippen LogP contribution in [0.1, 0.15) is 16.1 Å². The fourth-order valence-electron chi connectivity index (χ4n) is 3.37. The molecule has 0 aliphatic rings. The number of carbonyl (C=O) groups is 1. The van der Waals surface area contributed by atoms with Crippen molar-refractivity contribution in [2.75, 3.05) is 5.32 Å². The van der Waals surface area contributed by atoms with Crippen molar-refractivity contribution >= 4 is 45.9 Å². The minimum atomic E-state index is -0.383. The first kappa shape index (κ1) is 20.4. The van der Waals surface area contributed by atoms with Gasteiger partial charge in [-0.1, -0.05) is 35.3 Å². The maximum atomic E-state index is 12.7. The molecule has 0 aliphatic carbocycles. The van der Waals surface area contributed by atoms with Gasteiger partial charge in [-0.3, -0.25) is 4.79 Å². The molecular formula is C25H16Cl2N2O3. The molecule has 158 valence electrons. The van der Waals surface area contributed by atoms with Crippen molar-refractivity contribution < 1.29 is 13.6 Å². The van der Waals surface area contributed by atoms with E-state index in [0.29, 0.717) is 32.9 Å². The zero-order valence-corrected chi connectivity index (χ0v) is 18.4. The summed E-state index contributed by atoms with van der Waals surface area (Å²) in [5.74, 6) is 0.743. The van der Waals surface area contributed by atoms with Gasteiger partial charge in [-0.15, -0.1) is 0 Å². The molecule has 3 aromatic carbocycles. The number of anilines is 1. The lowest BCUT2D eigenvalue weighted by molar-refractivity contribution is 0.0997. The Labute approximate surface area is 193 Å². The molecule has 0 radical (unpaired) electrons. The molecule has 0 bridgehead atoms. The third kappa shape index (κ3) is 4.00. The molecule has 0 saturated heterocycles. The Morgan fingerprint density at radius 2 is 1.81 bits per heavy atom. The molecule has 2 heterocycles. The van der Waals surface area contributed by atoms with Crippen molar-refractivity contribution in [2.45, 2.75) is 6.92 Å². The molecule has 7 heteroatoms. The van der Waals surface area contributed by atoms with Crippen LogP contribution in [0.5, 0.6) is 0 Å². The maximum Gasteiger partial charge on any atom is 0.291 e. The van der Waals surface area contributed by atoms with Crippen molar-refractivity contribution in [1.82, 2.24) is 4.98 Å². The molecule has 0 saturated carbocycles. The quantitative estimate of drug-likeness (QED) is 0.298. The van der Waals surface area contributed by atoms with Crippen LogP contribution < -0.4 is 5.32 Å².